The SMILES string of the molecule is COc1cc(C)cc(OC)c1N1c2ccccc2COc2ccccc21. The molecule has 0 saturated heterocycles. The molecule has 0 atom stereocenters. The van der Waals surface area contributed by atoms with Gasteiger partial charge in [-0.1, -0.05) is 30.3 Å². The van der Waals surface area contributed by atoms with Crippen molar-refractivity contribution >= 4 is 17.1 Å². The lowest BCUT2D eigenvalue weighted by Crippen LogP contribution is -2.13. The number of para-hydroxylation sites is 3. The summed E-state index contributed by atoms with van der Waals surface area (Å²) in [4.78, 5) is 2.16. The van der Waals surface area contributed by atoms with Crippen LogP contribution >= 0.6 is 0 Å². The fourth-order valence-corrected chi connectivity index (χ4v) is 3.39. The molecular formula is C22H21NO3. The Morgan fingerprint density at radius 3 is 2.15 bits per heavy atom. The molecule has 1 heterocycles. The van der Waals surface area contributed by atoms with E-state index >= 15 is 0 Å². The van der Waals surface area contributed by atoms with Gasteiger partial charge in [0.25, 0.3) is 0 Å². The highest BCUT2D eigenvalue weighted by Gasteiger charge is 2.28. The lowest BCUT2D eigenvalue weighted by atomic mass is 10.1. The number of ether oxygens (including phenoxy) is 3. The maximum Gasteiger partial charge on any atom is 0.146 e. The van der Waals surface area contributed by atoms with Crippen molar-refractivity contribution in [1.82, 2.24) is 0 Å². The average molecular weight is 347 g/mol. The van der Waals surface area contributed by atoms with Crippen molar-refractivity contribution in [3.63, 3.8) is 0 Å². The number of benzene rings is 3. The number of rotatable bonds is 3. The first kappa shape index (κ1) is 16.3. The van der Waals surface area contributed by atoms with Gasteiger partial charge in [0.2, 0.25) is 0 Å². The quantitative estimate of drug-likeness (QED) is 0.637. The average Bonchev–Trinajstić information content (AvgIpc) is 2.84. The Morgan fingerprint density at radius 2 is 1.46 bits per heavy atom. The third kappa shape index (κ3) is 2.64. The third-order valence-electron chi connectivity index (χ3n) is 4.57. The minimum absolute atomic E-state index is 0.514. The first-order valence-electron chi connectivity index (χ1n) is 8.55. The number of anilines is 3. The van der Waals surface area contributed by atoms with E-state index in [0.717, 1.165) is 45.4 Å². The Balaban J connectivity index is 2.06. The monoisotopic (exact) mass is 347 g/mol. The van der Waals surface area contributed by atoms with Gasteiger partial charge in [-0.3, -0.25) is 0 Å². The summed E-state index contributed by atoms with van der Waals surface area (Å²) in [7, 11) is 3.37. The number of nitrogens with zero attached hydrogens (tertiary/aromatic N) is 1. The molecule has 1 aliphatic rings. The molecule has 0 aliphatic carbocycles. The van der Waals surface area contributed by atoms with Gasteiger partial charge in [0, 0.05) is 5.56 Å². The van der Waals surface area contributed by atoms with E-state index in [0.29, 0.717) is 6.61 Å². The molecule has 0 saturated carbocycles. The molecular weight excluding hydrogens is 326 g/mol. The van der Waals surface area contributed by atoms with Crippen molar-refractivity contribution in [1.29, 1.82) is 0 Å². The second kappa shape index (κ2) is 6.64. The highest BCUT2D eigenvalue weighted by atomic mass is 16.5. The first-order valence-corrected chi connectivity index (χ1v) is 8.55. The molecule has 4 nitrogen and oxygen atoms in total. The van der Waals surface area contributed by atoms with E-state index in [2.05, 4.69) is 23.1 Å². The topological polar surface area (TPSA) is 30.9 Å². The fourth-order valence-electron chi connectivity index (χ4n) is 3.39. The molecule has 0 aromatic heterocycles. The molecule has 0 radical (unpaired) electrons. The van der Waals surface area contributed by atoms with Crippen molar-refractivity contribution < 1.29 is 14.2 Å². The molecule has 132 valence electrons. The summed E-state index contributed by atoms with van der Waals surface area (Å²) in [6.07, 6.45) is 0. The van der Waals surface area contributed by atoms with Gasteiger partial charge in [-0.15, -0.1) is 0 Å². The Bertz CT molecular complexity index is 879. The molecule has 0 N–H and O–H groups in total. The van der Waals surface area contributed by atoms with Gasteiger partial charge in [0.05, 0.1) is 25.6 Å². The number of aryl methyl sites for hydroxylation is 1. The maximum atomic E-state index is 6.07. The van der Waals surface area contributed by atoms with E-state index in [4.69, 9.17) is 14.2 Å². The van der Waals surface area contributed by atoms with Crippen molar-refractivity contribution in [3.05, 3.63) is 71.8 Å². The molecule has 4 rings (SSSR count). The normalized spacial score (nSPS) is 12.5. The zero-order valence-electron chi connectivity index (χ0n) is 15.2. The second-order valence-electron chi connectivity index (χ2n) is 6.24. The zero-order chi connectivity index (χ0) is 18.1. The summed E-state index contributed by atoms with van der Waals surface area (Å²) >= 11 is 0. The van der Waals surface area contributed by atoms with Crippen LogP contribution in [-0.4, -0.2) is 14.2 Å². The van der Waals surface area contributed by atoms with Crippen LogP contribution in [0.25, 0.3) is 0 Å². The van der Waals surface area contributed by atoms with E-state index < -0.39 is 0 Å². The Morgan fingerprint density at radius 1 is 0.846 bits per heavy atom. The van der Waals surface area contributed by atoms with Gasteiger partial charge in [-0.25, -0.2) is 0 Å². The van der Waals surface area contributed by atoms with E-state index in [1.165, 1.54) is 0 Å². The largest absolute Gasteiger partial charge is 0.494 e. The standard InChI is InChI=1S/C22H21NO3/c1-15-12-20(24-2)22(21(13-15)25-3)23-17-9-5-4-8-16(17)14-26-19-11-7-6-10-18(19)23/h4-13H,14H2,1-3H3. The van der Waals surface area contributed by atoms with Crippen molar-refractivity contribution in [3.8, 4) is 17.2 Å². The zero-order valence-corrected chi connectivity index (χ0v) is 15.2. The Kier molecular flexibility index (Phi) is 4.17. The lowest BCUT2D eigenvalue weighted by Gasteiger charge is -2.29. The van der Waals surface area contributed by atoms with E-state index in [1.54, 1.807) is 14.2 Å². The molecule has 0 fully saturated rings. The third-order valence-corrected chi connectivity index (χ3v) is 4.57. The molecule has 0 unspecified atom stereocenters. The van der Waals surface area contributed by atoms with Crippen LogP contribution in [0.4, 0.5) is 17.1 Å². The first-order chi connectivity index (χ1) is 12.7. The van der Waals surface area contributed by atoms with Crippen LogP contribution in [0.1, 0.15) is 11.1 Å². The minimum Gasteiger partial charge on any atom is -0.494 e. The van der Waals surface area contributed by atoms with Crippen molar-refractivity contribution in [2.24, 2.45) is 0 Å². The van der Waals surface area contributed by atoms with E-state index in [1.807, 2.05) is 49.4 Å². The van der Waals surface area contributed by atoms with Gasteiger partial charge in [-0.05, 0) is 42.8 Å². The highest BCUT2D eigenvalue weighted by molar-refractivity contribution is 5.88. The minimum atomic E-state index is 0.514. The summed E-state index contributed by atoms with van der Waals surface area (Å²) in [5, 5.41) is 0. The van der Waals surface area contributed by atoms with Crippen LogP contribution in [0.5, 0.6) is 17.2 Å². The van der Waals surface area contributed by atoms with Crippen LogP contribution < -0.4 is 19.1 Å². The van der Waals surface area contributed by atoms with Crippen molar-refractivity contribution in [2.45, 2.75) is 13.5 Å². The van der Waals surface area contributed by atoms with Gasteiger partial charge >= 0.3 is 0 Å². The molecule has 3 aromatic rings. The van der Waals surface area contributed by atoms with E-state index in [-0.39, 0.29) is 0 Å². The van der Waals surface area contributed by atoms with Gasteiger partial charge in [-0.2, -0.15) is 0 Å². The number of hydrogen-bond acceptors (Lipinski definition) is 4. The van der Waals surface area contributed by atoms with Crippen molar-refractivity contribution in [2.75, 3.05) is 19.1 Å². The van der Waals surface area contributed by atoms with Crippen LogP contribution in [0.15, 0.2) is 60.7 Å². The predicted molar refractivity (Wildman–Crippen MR) is 103 cm³/mol. The van der Waals surface area contributed by atoms with Crippen LogP contribution in [0.2, 0.25) is 0 Å². The van der Waals surface area contributed by atoms with E-state index in [9.17, 15) is 0 Å². The molecule has 0 amide bonds. The maximum absolute atomic E-state index is 6.07. The smallest absolute Gasteiger partial charge is 0.146 e. The van der Waals surface area contributed by atoms with Gasteiger partial charge in [0.1, 0.15) is 29.5 Å². The summed E-state index contributed by atoms with van der Waals surface area (Å²) in [5.74, 6) is 2.34. The van der Waals surface area contributed by atoms with Crippen LogP contribution in [0, 0.1) is 6.92 Å². The van der Waals surface area contributed by atoms with Gasteiger partial charge < -0.3 is 19.1 Å². The van der Waals surface area contributed by atoms with Crippen LogP contribution in [0.3, 0.4) is 0 Å². The predicted octanol–water partition coefficient (Wildman–Crippen LogP) is 5.37. The Hall–Kier alpha value is -3.14. The molecule has 1 aliphatic heterocycles. The molecule has 3 aromatic carbocycles. The molecule has 0 bridgehead atoms. The fraction of sp³-hybridized carbons (Fsp3) is 0.182. The number of hydrogen-bond donors (Lipinski definition) is 0. The second-order valence-corrected chi connectivity index (χ2v) is 6.24. The summed E-state index contributed by atoms with van der Waals surface area (Å²) < 4.78 is 17.5. The number of methoxy groups -OCH3 is 2. The van der Waals surface area contributed by atoms with Crippen LogP contribution in [-0.2, 0) is 6.61 Å². The summed E-state index contributed by atoms with van der Waals surface area (Å²) in [5.41, 5.74) is 5.06. The summed E-state index contributed by atoms with van der Waals surface area (Å²) in [6, 6.07) is 20.3. The highest BCUT2D eigenvalue weighted by Crippen LogP contribution is 2.51. The summed E-state index contributed by atoms with van der Waals surface area (Å²) in [6.45, 7) is 2.54. The Labute approximate surface area is 153 Å². The molecule has 26 heavy (non-hydrogen) atoms. The molecule has 0 spiro atoms. The molecule has 4 heteroatoms. The number of fused-ring (bicyclic) bond motifs is 2. The van der Waals surface area contributed by atoms with Gasteiger partial charge in [0.15, 0.2) is 0 Å². The lowest BCUT2D eigenvalue weighted by molar-refractivity contribution is 0.310.